The third kappa shape index (κ3) is 2.78. The van der Waals surface area contributed by atoms with E-state index in [0.29, 0.717) is 10.6 Å². The molecule has 2 rings (SSSR count). The van der Waals surface area contributed by atoms with Crippen LogP contribution in [-0.4, -0.2) is 0 Å². The predicted octanol–water partition coefficient (Wildman–Crippen LogP) is 3.65. The minimum Gasteiger partial charge on any atom is -0.271 e. The van der Waals surface area contributed by atoms with Crippen LogP contribution in [-0.2, 0) is 0 Å². The molecule has 2 nitrogen and oxygen atoms in total. The Bertz CT molecular complexity index is 599. The summed E-state index contributed by atoms with van der Waals surface area (Å²) >= 11 is 6.13. The van der Waals surface area contributed by atoms with Gasteiger partial charge in [0.2, 0.25) is 0 Å². The highest BCUT2D eigenvalue weighted by Gasteiger charge is 2.16. The highest BCUT2D eigenvalue weighted by Crippen LogP contribution is 2.29. The van der Waals surface area contributed by atoms with Crippen LogP contribution < -0.4 is 11.3 Å². The van der Waals surface area contributed by atoms with Crippen LogP contribution in [0.15, 0.2) is 36.4 Å². The molecule has 0 spiro atoms. The summed E-state index contributed by atoms with van der Waals surface area (Å²) in [5.41, 5.74) is 6.23. The van der Waals surface area contributed by atoms with Gasteiger partial charge >= 0.3 is 0 Å². The third-order valence-electron chi connectivity index (χ3n) is 3.30. The zero-order valence-corrected chi connectivity index (χ0v) is 11.6. The fourth-order valence-electron chi connectivity index (χ4n) is 2.15. The highest BCUT2D eigenvalue weighted by atomic mass is 35.5. The fourth-order valence-corrected chi connectivity index (χ4v) is 2.33. The van der Waals surface area contributed by atoms with Crippen LogP contribution in [0.4, 0.5) is 4.39 Å². The molecule has 0 radical (unpaired) electrons. The van der Waals surface area contributed by atoms with E-state index in [1.54, 1.807) is 19.1 Å². The van der Waals surface area contributed by atoms with Gasteiger partial charge in [-0.1, -0.05) is 35.9 Å². The van der Waals surface area contributed by atoms with Gasteiger partial charge in [0.15, 0.2) is 0 Å². The van der Waals surface area contributed by atoms with Gasteiger partial charge in [0.25, 0.3) is 0 Å². The van der Waals surface area contributed by atoms with E-state index >= 15 is 0 Å². The lowest BCUT2D eigenvalue weighted by molar-refractivity contribution is 0.607. The first kappa shape index (κ1) is 14.0. The second-order valence-electron chi connectivity index (χ2n) is 4.56. The maximum Gasteiger partial charge on any atom is 0.126 e. The predicted molar refractivity (Wildman–Crippen MR) is 76.5 cm³/mol. The van der Waals surface area contributed by atoms with Crippen LogP contribution in [0.25, 0.3) is 0 Å². The van der Waals surface area contributed by atoms with Gasteiger partial charge in [0.05, 0.1) is 6.04 Å². The van der Waals surface area contributed by atoms with Gasteiger partial charge in [-0.25, -0.2) is 9.82 Å². The summed E-state index contributed by atoms with van der Waals surface area (Å²) in [6.45, 7) is 3.68. The van der Waals surface area contributed by atoms with E-state index in [2.05, 4.69) is 5.43 Å². The van der Waals surface area contributed by atoms with Crippen molar-refractivity contribution in [1.29, 1.82) is 0 Å². The van der Waals surface area contributed by atoms with E-state index in [1.165, 1.54) is 6.07 Å². The summed E-state index contributed by atoms with van der Waals surface area (Å²) in [5, 5.41) is 0.691. The van der Waals surface area contributed by atoms with Crippen molar-refractivity contribution in [3.8, 4) is 0 Å². The first-order valence-corrected chi connectivity index (χ1v) is 6.39. The SMILES string of the molecule is Cc1cc(C(NN)c2cccc(Cl)c2C)ccc1F. The van der Waals surface area contributed by atoms with E-state index in [9.17, 15) is 4.39 Å². The molecule has 1 unspecified atom stereocenters. The second kappa shape index (κ2) is 5.70. The van der Waals surface area contributed by atoms with Gasteiger partial charge < -0.3 is 0 Å². The third-order valence-corrected chi connectivity index (χ3v) is 3.71. The standard InChI is InChI=1S/C15H16ClFN2/c1-9-8-11(6-7-14(9)17)15(19-18)12-4-3-5-13(16)10(12)2/h3-8,15,19H,18H2,1-2H3. The minimum absolute atomic E-state index is 0.210. The van der Waals surface area contributed by atoms with Crippen molar-refractivity contribution in [3.05, 3.63) is 69.5 Å². The summed E-state index contributed by atoms with van der Waals surface area (Å²) in [4.78, 5) is 0. The van der Waals surface area contributed by atoms with Crippen LogP contribution in [0.3, 0.4) is 0 Å². The molecule has 0 fully saturated rings. The summed E-state index contributed by atoms with van der Waals surface area (Å²) < 4.78 is 13.3. The van der Waals surface area contributed by atoms with Gasteiger partial charge in [-0.3, -0.25) is 5.84 Å². The van der Waals surface area contributed by atoms with Gasteiger partial charge in [-0.05, 0) is 48.2 Å². The Balaban J connectivity index is 2.50. The van der Waals surface area contributed by atoms with Crippen molar-refractivity contribution < 1.29 is 4.39 Å². The first-order chi connectivity index (χ1) is 9.04. The number of aryl methyl sites for hydroxylation is 1. The number of hydrazine groups is 1. The quantitative estimate of drug-likeness (QED) is 0.664. The fraction of sp³-hybridized carbons (Fsp3) is 0.200. The molecular formula is C15H16ClFN2. The lowest BCUT2D eigenvalue weighted by atomic mass is 9.94. The monoisotopic (exact) mass is 278 g/mol. The smallest absolute Gasteiger partial charge is 0.126 e. The highest BCUT2D eigenvalue weighted by molar-refractivity contribution is 6.31. The van der Waals surface area contributed by atoms with Crippen molar-refractivity contribution in [2.75, 3.05) is 0 Å². The lowest BCUT2D eigenvalue weighted by Crippen LogP contribution is -2.29. The zero-order chi connectivity index (χ0) is 14.0. The number of hydrogen-bond donors (Lipinski definition) is 2. The Kier molecular flexibility index (Phi) is 4.20. The molecule has 0 bridgehead atoms. The minimum atomic E-state index is -0.220. The number of hydrogen-bond acceptors (Lipinski definition) is 2. The maximum atomic E-state index is 13.3. The average Bonchev–Trinajstić information content (AvgIpc) is 2.39. The Hall–Kier alpha value is -1.42. The van der Waals surface area contributed by atoms with Crippen molar-refractivity contribution in [1.82, 2.24) is 5.43 Å². The van der Waals surface area contributed by atoms with Gasteiger partial charge in [0, 0.05) is 5.02 Å². The maximum absolute atomic E-state index is 13.3. The second-order valence-corrected chi connectivity index (χ2v) is 4.97. The van der Waals surface area contributed by atoms with E-state index in [-0.39, 0.29) is 11.9 Å². The first-order valence-electron chi connectivity index (χ1n) is 6.01. The van der Waals surface area contributed by atoms with E-state index in [0.717, 1.165) is 16.7 Å². The lowest BCUT2D eigenvalue weighted by Gasteiger charge is -2.20. The van der Waals surface area contributed by atoms with Crippen LogP contribution in [0.1, 0.15) is 28.3 Å². The summed E-state index contributed by atoms with van der Waals surface area (Å²) in [7, 11) is 0. The van der Waals surface area contributed by atoms with Crippen LogP contribution in [0, 0.1) is 19.7 Å². The molecule has 2 aromatic rings. The molecule has 4 heteroatoms. The number of nitrogens with two attached hydrogens (primary N) is 1. The Labute approximate surface area is 117 Å². The molecule has 0 heterocycles. The molecule has 0 saturated carbocycles. The number of nitrogens with one attached hydrogen (secondary N) is 1. The van der Waals surface area contributed by atoms with Gasteiger partial charge in [0.1, 0.15) is 5.82 Å². The normalized spacial score (nSPS) is 12.5. The molecule has 0 aliphatic carbocycles. The van der Waals surface area contributed by atoms with Crippen LogP contribution in [0.2, 0.25) is 5.02 Å². The Morgan fingerprint density at radius 1 is 1.21 bits per heavy atom. The molecule has 0 aliphatic heterocycles. The summed E-state index contributed by atoms with van der Waals surface area (Å²) in [5.74, 6) is 5.44. The average molecular weight is 279 g/mol. The molecule has 2 aromatic carbocycles. The molecule has 19 heavy (non-hydrogen) atoms. The summed E-state index contributed by atoms with van der Waals surface area (Å²) in [6.07, 6.45) is 0. The number of rotatable bonds is 3. The molecule has 100 valence electrons. The molecule has 1 atom stereocenters. The molecule has 0 aliphatic rings. The van der Waals surface area contributed by atoms with Gasteiger partial charge in [-0.2, -0.15) is 0 Å². The molecular weight excluding hydrogens is 263 g/mol. The molecule has 0 aromatic heterocycles. The van der Waals surface area contributed by atoms with Crippen LogP contribution >= 0.6 is 11.6 Å². The molecule has 0 amide bonds. The Morgan fingerprint density at radius 2 is 1.95 bits per heavy atom. The van der Waals surface area contributed by atoms with Crippen LogP contribution in [0.5, 0.6) is 0 Å². The Morgan fingerprint density at radius 3 is 2.58 bits per heavy atom. The van der Waals surface area contributed by atoms with Gasteiger partial charge in [-0.15, -0.1) is 0 Å². The zero-order valence-electron chi connectivity index (χ0n) is 10.9. The van der Waals surface area contributed by atoms with E-state index in [1.807, 2.05) is 25.1 Å². The topological polar surface area (TPSA) is 38.0 Å². The van der Waals surface area contributed by atoms with Crippen molar-refractivity contribution >= 4 is 11.6 Å². The van der Waals surface area contributed by atoms with Crippen molar-refractivity contribution in [2.45, 2.75) is 19.9 Å². The van der Waals surface area contributed by atoms with E-state index < -0.39 is 0 Å². The van der Waals surface area contributed by atoms with Crippen molar-refractivity contribution in [3.63, 3.8) is 0 Å². The van der Waals surface area contributed by atoms with E-state index in [4.69, 9.17) is 17.4 Å². The largest absolute Gasteiger partial charge is 0.271 e. The van der Waals surface area contributed by atoms with Crippen molar-refractivity contribution in [2.24, 2.45) is 5.84 Å². The summed E-state index contributed by atoms with van der Waals surface area (Å²) in [6, 6.07) is 10.4. The number of benzene rings is 2. The number of halogens is 2. The molecule has 0 saturated heterocycles. The molecule has 3 N–H and O–H groups in total.